The molecule has 208 valence electrons. The molecule has 5 rings (SSSR count). The van der Waals surface area contributed by atoms with Crippen LogP contribution in [0.2, 0.25) is 0 Å². The van der Waals surface area contributed by atoms with Crippen LogP contribution in [0.4, 0.5) is 17.3 Å². The number of aliphatic hydroxyl groups is 1. The third kappa shape index (κ3) is 6.50. The minimum atomic E-state index is -1.39. The van der Waals surface area contributed by atoms with Crippen LogP contribution in [0.25, 0.3) is 11.3 Å². The molecule has 40 heavy (non-hydrogen) atoms. The van der Waals surface area contributed by atoms with E-state index in [1.54, 1.807) is 29.3 Å². The molecule has 3 aromatic rings. The van der Waals surface area contributed by atoms with E-state index < -0.39 is 5.60 Å². The molecular weight excluding hydrogens is 508 g/mol. The average Bonchev–Trinajstić information content (AvgIpc) is 2.98. The van der Waals surface area contributed by atoms with Crippen LogP contribution < -0.4 is 15.0 Å². The van der Waals surface area contributed by atoms with Crippen LogP contribution in [-0.2, 0) is 9.53 Å². The molecule has 10 nitrogen and oxygen atoms in total. The fraction of sp³-hybridized carbons (Fsp3) is 0.400. The lowest BCUT2D eigenvalue weighted by molar-refractivity contribution is -0.149. The number of likely N-dealkylation sites (tertiary alicyclic amines) is 1. The zero-order valence-electron chi connectivity index (χ0n) is 22.8. The highest BCUT2D eigenvalue weighted by molar-refractivity contribution is 5.84. The highest BCUT2D eigenvalue weighted by Crippen LogP contribution is 2.29. The minimum Gasteiger partial charge on any atom is -0.489 e. The van der Waals surface area contributed by atoms with Gasteiger partial charge in [-0.1, -0.05) is 0 Å². The molecule has 2 aliphatic heterocycles. The van der Waals surface area contributed by atoms with E-state index in [-0.39, 0.29) is 12.0 Å². The van der Waals surface area contributed by atoms with E-state index >= 15 is 0 Å². The van der Waals surface area contributed by atoms with E-state index in [2.05, 4.69) is 38.4 Å². The van der Waals surface area contributed by atoms with Gasteiger partial charge in [-0.3, -0.25) is 4.79 Å². The third-order valence-corrected chi connectivity index (χ3v) is 7.10. The number of carbonyl (C=O) groups excluding carboxylic acids is 1. The fourth-order valence-corrected chi connectivity index (χ4v) is 4.91. The van der Waals surface area contributed by atoms with Crippen LogP contribution in [0.5, 0.6) is 5.75 Å². The lowest BCUT2D eigenvalue weighted by Crippen LogP contribution is -2.49. The molecule has 0 radical (unpaired) electrons. The molecule has 0 unspecified atom stereocenters. The molecule has 2 N–H and O–H groups in total. The third-order valence-electron chi connectivity index (χ3n) is 7.10. The first-order valence-electron chi connectivity index (χ1n) is 13.6. The first kappa shape index (κ1) is 27.4. The van der Waals surface area contributed by atoms with Crippen molar-refractivity contribution < 1.29 is 19.4 Å². The summed E-state index contributed by atoms with van der Waals surface area (Å²) in [5.41, 5.74) is 2.53. The van der Waals surface area contributed by atoms with E-state index in [1.807, 2.05) is 18.2 Å². The second-order valence-electron chi connectivity index (χ2n) is 10.5. The van der Waals surface area contributed by atoms with Gasteiger partial charge >= 0.3 is 0 Å². The number of nitriles is 1. The van der Waals surface area contributed by atoms with Gasteiger partial charge in [-0.05, 0) is 62.4 Å². The largest absolute Gasteiger partial charge is 0.489 e. The van der Waals surface area contributed by atoms with Gasteiger partial charge in [0.15, 0.2) is 0 Å². The number of morpholine rings is 1. The topological polar surface area (TPSA) is 124 Å². The van der Waals surface area contributed by atoms with Gasteiger partial charge in [0.25, 0.3) is 5.91 Å². The van der Waals surface area contributed by atoms with Crippen LogP contribution in [0.15, 0.2) is 54.7 Å². The standard InChI is InChI=1S/C30H34N6O4/c1-30(2,38)28(37)36-13-10-25(11-14-36)40-27-8-3-21(19-22(27)20-31)26-9-12-32-29(34-26)33-23-4-6-24(7-5-23)35-15-17-39-18-16-35/h3-9,12,19,25,38H,10-11,13-18H2,1-2H3,(H,32,33,34). The van der Waals surface area contributed by atoms with E-state index in [1.165, 1.54) is 13.8 Å². The Labute approximate surface area is 234 Å². The summed E-state index contributed by atoms with van der Waals surface area (Å²) >= 11 is 0. The van der Waals surface area contributed by atoms with Gasteiger partial charge in [0.1, 0.15) is 23.5 Å². The normalized spacial score (nSPS) is 16.4. The van der Waals surface area contributed by atoms with Crippen molar-refractivity contribution in [2.45, 2.75) is 38.4 Å². The number of piperidine rings is 1. The summed E-state index contributed by atoms with van der Waals surface area (Å²) < 4.78 is 11.6. The van der Waals surface area contributed by atoms with Crippen LogP contribution in [0.1, 0.15) is 32.3 Å². The summed E-state index contributed by atoms with van der Waals surface area (Å²) in [7, 11) is 0. The maximum atomic E-state index is 12.3. The first-order chi connectivity index (χ1) is 19.3. The number of aromatic nitrogens is 2. The summed E-state index contributed by atoms with van der Waals surface area (Å²) in [5.74, 6) is 0.686. The molecule has 0 atom stereocenters. The number of ether oxygens (including phenoxy) is 2. The highest BCUT2D eigenvalue weighted by Gasteiger charge is 2.32. The van der Waals surface area contributed by atoms with Crippen molar-refractivity contribution in [1.29, 1.82) is 5.26 Å². The molecule has 2 fully saturated rings. The summed E-state index contributed by atoms with van der Waals surface area (Å²) in [6, 6.07) is 17.6. The molecule has 3 heterocycles. The van der Waals surface area contributed by atoms with Crippen LogP contribution >= 0.6 is 0 Å². The molecule has 2 aliphatic rings. The predicted molar refractivity (Wildman–Crippen MR) is 151 cm³/mol. The van der Waals surface area contributed by atoms with Gasteiger partial charge in [0.2, 0.25) is 5.95 Å². The number of carbonyl (C=O) groups is 1. The fourth-order valence-electron chi connectivity index (χ4n) is 4.91. The Bertz CT molecular complexity index is 1370. The number of rotatable bonds is 7. The predicted octanol–water partition coefficient (Wildman–Crippen LogP) is 3.74. The molecule has 0 spiro atoms. The SMILES string of the molecule is CC(C)(O)C(=O)N1CCC(Oc2ccc(-c3ccnc(Nc4ccc(N5CCOCC5)cc4)n3)cc2C#N)CC1. The van der Waals surface area contributed by atoms with Crippen molar-refractivity contribution in [3.05, 3.63) is 60.3 Å². The van der Waals surface area contributed by atoms with Crippen molar-refractivity contribution in [1.82, 2.24) is 14.9 Å². The molecule has 0 saturated carbocycles. The minimum absolute atomic E-state index is 0.117. The van der Waals surface area contributed by atoms with Crippen LogP contribution in [0.3, 0.4) is 0 Å². The molecule has 0 aliphatic carbocycles. The van der Waals surface area contributed by atoms with Gasteiger partial charge in [0.05, 0.1) is 24.5 Å². The highest BCUT2D eigenvalue weighted by atomic mass is 16.5. The van der Waals surface area contributed by atoms with E-state index in [0.717, 1.165) is 43.2 Å². The van der Waals surface area contributed by atoms with E-state index in [4.69, 9.17) is 9.47 Å². The number of nitrogens with zero attached hydrogens (tertiary/aromatic N) is 5. The summed E-state index contributed by atoms with van der Waals surface area (Å²) in [6.07, 6.45) is 2.82. The second kappa shape index (κ2) is 11.9. The smallest absolute Gasteiger partial charge is 0.253 e. The second-order valence-corrected chi connectivity index (χ2v) is 10.5. The average molecular weight is 543 g/mol. The Hall–Kier alpha value is -4.20. The Balaban J connectivity index is 1.23. The van der Waals surface area contributed by atoms with Gasteiger partial charge in [-0.15, -0.1) is 0 Å². The first-order valence-corrected chi connectivity index (χ1v) is 13.6. The zero-order valence-corrected chi connectivity index (χ0v) is 22.8. The number of benzene rings is 2. The number of nitrogens with one attached hydrogen (secondary N) is 1. The van der Waals surface area contributed by atoms with Crippen molar-refractivity contribution >= 4 is 23.2 Å². The summed E-state index contributed by atoms with van der Waals surface area (Å²) in [6.45, 7) is 7.25. The van der Waals surface area contributed by atoms with Crippen molar-refractivity contribution in [3.63, 3.8) is 0 Å². The molecular formula is C30H34N6O4. The molecule has 1 aromatic heterocycles. The molecule has 2 aromatic carbocycles. The maximum Gasteiger partial charge on any atom is 0.253 e. The van der Waals surface area contributed by atoms with Gasteiger partial charge in [-0.2, -0.15) is 5.26 Å². The Kier molecular flexibility index (Phi) is 8.14. The number of hydrogen-bond donors (Lipinski definition) is 2. The van der Waals surface area contributed by atoms with Crippen LogP contribution in [-0.4, -0.2) is 77.0 Å². The van der Waals surface area contributed by atoms with Crippen molar-refractivity contribution in [2.75, 3.05) is 49.6 Å². The quantitative estimate of drug-likeness (QED) is 0.459. The lowest BCUT2D eigenvalue weighted by Gasteiger charge is -2.35. The molecule has 10 heteroatoms. The molecule has 0 bridgehead atoms. The maximum absolute atomic E-state index is 12.3. The number of anilines is 3. The Morgan fingerprint density at radius 3 is 2.50 bits per heavy atom. The molecule has 2 saturated heterocycles. The summed E-state index contributed by atoms with van der Waals surface area (Å²) in [5, 5.41) is 23.1. The van der Waals surface area contributed by atoms with Gasteiger partial charge in [0, 0.05) is 62.2 Å². The van der Waals surface area contributed by atoms with E-state index in [9.17, 15) is 15.2 Å². The van der Waals surface area contributed by atoms with Gasteiger partial charge in [-0.25, -0.2) is 9.97 Å². The van der Waals surface area contributed by atoms with E-state index in [0.29, 0.717) is 48.9 Å². The zero-order chi connectivity index (χ0) is 28.1. The van der Waals surface area contributed by atoms with Gasteiger partial charge < -0.3 is 29.7 Å². The Morgan fingerprint density at radius 1 is 1.10 bits per heavy atom. The van der Waals surface area contributed by atoms with Crippen molar-refractivity contribution in [2.24, 2.45) is 0 Å². The Morgan fingerprint density at radius 2 is 1.82 bits per heavy atom. The monoisotopic (exact) mass is 542 g/mol. The number of hydrogen-bond acceptors (Lipinski definition) is 9. The van der Waals surface area contributed by atoms with Crippen molar-refractivity contribution in [3.8, 4) is 23.1 Å². The van der Waals surface area contributed by atoms with Crippen LogP contribution in [0, 0.1) is 11.3 Å². The lowest BCUT2D eigenvalue weighted by atomic mass is 10.0. The number of amides is 1. The molecule has 1 amide bonds. The summed E-state index contributed by atoms with van der Waals surface area (Å²) in [4.78, 5) is 25.3.